The van der Waals surface area contributed by atoms with E-state index in [4.69, 9.17) is 10.9 Å². The highest BCUT2D eigenvalue weighted by Gasteiger charge is 2.21. The van der Waals surface area contributed by atoms with E-state index in [9.17, 15) is 0 Å². The van der Waals surface area contributed by atoms with Crippen molar-refractivity contribution in [2.24, 2.45) is 10.9 Å². The molecule has 0 aliphatic heterocycles. The van der Waals surface area contributed by atoms with Gasteiger partial charge >= 0.3 is 0 Å². The molecule has 1 aromatic rings. The average Bonchev–Trinajstić information content (AvgIpc) is 2.50. The maximum atomic E-state index is 8.47. The van der Waals surface area contributed by atoms with E-state index in [1.54, 1.807) is 6.20 Å². The van der Waals surface area contributed by atoms with Crippen molar-refractivity contribution in [3.8, 4) is 0 Å². The highest BCUT2D eigenvalue weighted by molar-refractivity contribution is 5.81. The molecule has 0 radical (unpaired) electrons. The van der Waals surface area contributed by atoms with Crippen LogP contribution in [0, 0.1) is 0 Å². The minimum atomic E-state index is 0.228. The van der Waals surface area contributed by atoms with Gasteiger partial charge in [0.25, 0.3) is 0 Å². The standard InChI is InChI=1S/C9H14N4O/c10-9(12-14)4-8-5-11-6-13(8)7-2-1-3-7/h5-7,14H,1-4H2,(H2,10,12). The summed E-state index contributed by atoms with van der Waals surface area (Å²) in [7, 11) is 0. The fraction of sp³-hybridized carbons (Fsp3) is 0.556. The molecule has 1 saturated carbocycles. The largest absolute Gasteiger partial charge is 0.409 e. The Hall–Kier alpha value is -1.52. The van der Waals surface area contributed by atoms with Gasteiger partial charge in [0.15, 0.2) is 0 Å². The van der Waals surface area contributed by atoms with Crippen molar-refractivity contribution in [1.29, 1.82) is 0 Å². The van der Waals surface area contributed by atoms with Gasteiger partial charge in [0.05, 0.1) is 12.7 Å². The predicted molar refractivity (Wildman–Crippen MR) is 52.2 cm³/mol. The highest BCUT2D eigenvalue weighted by atomic mass is 16.4. The summed E-state index contributed by atoms with van der Waals surface area (Å²) in [5.74, 6) is 0.228. The van der Waals surface area contributed by atoms with Crippen molar-refractivity contribution in [2.45, 2.75) is 31.7 Å². The molecule has 0 amide bonds. The lowest BCUT2D eigenvalue weighted by Crippen LogP contribution is -2.22. The van der Waals surface area contributed by atoms with Gasteiger partial charge in [-0.1, -0.05) is 5.16 Å². The number of imidazole rings is 1. The van der Waals surface area contributed by atoms with Crippen LogP contribution in [0.15, 0.2) is 17.7 Å². The summed E-state index contributed by atoms with van der Waals surface area (Å²) in [5.41, 5.74) is 6.47. The van der Waals surface area contributed by atoms with Crippen molar-refractivity contribution >= 4 is 5.84 Å². The second-order valence-electron chi connectivity index (χ2n) is 3.65. The number of hydrogen-bond donors (Lipinski definition) is 2. The molecule has 0 unspecified atom stereocenters. The molecule has 1 aliphatic carbocycles. The maximum Gasteiger partial charge on any atom is 0.145 e. The molecule has 0 bridgehead atoms. The molecule has 14 heavy (non-hydrogen) atoms. The molecule has 2 rings (SSSR count). The predicted octanol–water partition coefficient (Wildman–Crippen LogP) is 0.897. The quantitative estimate of drug-likeness (QED) is 0.325. The number of rotatable bonds is 3. The number of aromatic nitrogens is 2. The molecule has 0 saturated heterocycles. The van der Waals surface area contributed by atoms with Gasteiger partial charge in [0.2, 0.25) is 0 Å². The first-order valence-electron chi connectivity index (χ1n) is 4.78. The summed E-state index contributed by atoms with van der Waals surface area (Å²) in [6.07, 6.45) is 7.76. The number of oxime groups is 1. The average molecular weight is 194 g/mol. The van der Waals surface area contributed by atoms with E-state index in [1.807, 2.05) is 6.33 Å². The Morgan fingerprint density at radius 2 is 2.50 bits per heavy atom. The minimum Gasteiger partial charge on any atom is -0.409 e. The van der Waals surface area contributed by atoms with Crippen LogP contribution in [0.5, 0.6) is 0 Å². The molecule has 1 heterocycles. The third-order valence-electron chi connectivity index (χ3n) is 2.71. The first-order chi connectivity index (χ1) is 6.81. The molecule has 1 aromatic heterocycles. The first-order valence-corrected chi connectivity index (χ1v) is 4.78. The van der Waals surface area contributed by atoms with Gasteiger partial charge in [-0.2, -0.15) is 0 Å². The number of nitrogens with two attached hydrogens (primary N) is 1. The van der Waals surface area contributed by atoms with Gasteiger partial charge < -0.3 is 15.5 Å². The Morgan fingerprint density at radius 1 is 1.71 bits per heavy atom. The van der Waals surface area contributed by atoms with Crippen LogP contribution in [0.3, 0.4) is 0 Å². The van der Waals surface area contributed by atoms with Crippen LogP contribution in [-0.4, -0.2) is 20.6 Å². The molecule has 0 atom stereocenters. The van der Waals surface area contributed by atoms with Gasteiger partial charge in [0.1, 0.15) is 5.84 Å². The maximum absolute atomic E-state index is 8.47. The zero-order chi connectivity index (χ0) is 9.97. The minimum absolute atomic E-state index is 0.228. The Kier molecular flexibility index (Phi) is 2.39. The lowest BCUT2D eigenvalue weighted by Gasteiger charge is -2.28. The third kappa shape index (κ3) is 1.57. The van der Waals surface area contributed by atoms with Gasteiger partial charge in [0, 0.05) is 17.9 Å². The Bertz CT molecular complexity index is 340. The molecule has 5 nitrogen and oxygen atoms in total. The van der Waals surface area contributed by atoms with Crippen LogP contribution >= 0.6 is 0 Å². The van der Waals surface area contributed by atoms with E-state index < -0.39 is 0 Å². The number of hydrogen-bond acceptors (Lipinski definition) is 3. The van der Waals surface area contributed by atoms with Crippen molar-refractivity contribution in [1.82, 2.24) is 9.55 Å². The molecule has 5 heteroatoms. The van der Waals surface area contributed by atoms with E-state index in [-0.39, 0.29) is 5.84 Å². The summed E-state index contributed by atoms with van der Waals surface area (Å²) in [4.78, 5) is 4.08. The zero-order valence-corrected chi connectivity index (χ0v) is 7.93. The Labute approximate surface area is 82.2 Å². The molecule has 3 N–H and O–H groups in total. The molecule has 0 spiro atoms. The van der Waals surface area contributed by atoms with Gasteiger partial charge in [-0.05, 0) is 19.3 Å². The van der Waals surface area contributed by atoms with Gasteiger partial charge in [-0.15, -0.1) is 0 Å². The second-order valence-corrected chi connectivity index (χ2v) is 3.65. The molecule has 0 aromatic carbocycles. The fourth-order valence-corrected chi connectivity index (χ4v) is 1.68. The van der Waals surface area contributed by atoms with Crippen LogP contribution in [0.25, 0.3) is 0 Å². The summed E-state index contributed by atoms with van der Waals surface area (Å²) in [6, 6.07) is 0.569. The summed E-state index contributed by atoms with van der Waals surface area (Å²) >= 11 is 0. The second kappa shape index (κ2) is 3.69. The third-order valence-corrected chi connectivity index (χ3v) is 2.71. The van der Waals surface area contributed by atoms with E-state index in [0.717, 1.165) is 5.69 Å². The smallest absolute Gasteiger partial charge is 0.145 e. The lowest BCUT2D eigenvalue weighted by molar-refractivity contribution is 0.306. The topological polar surface area (TPSA) is 76.4 Å². The molecule has 1 fully saturated rings. The van der Waals surface area contributed by atoms with E-state index in [2.05, 4.69) is 14.7 Å². The van der Waals surface area contributed by atoms with Crippen LogP contribution < -0.4 is 5.73 Å². The molecular formula is C9H14N4O. The van der Waals surface area contributed by atoms with Crippen LogP contribution in [-0.2, 0) is 6.42 Å². The molecule has 76 valence electrons. The zero-order valence-electron chi connectivity index (χ0n) is 7.93. The van der Waals surface area contributed by atoms with Crippen molar-refractivity contribution in [3.63, 3.8) is 0 Å². The van der Waals surface area contributed by atoms with Crippen LogP contribution in [0.4, 0.5) is 0 Å². The van der Waals surface area contributed by atoms with Crippen molar-refractivity contribution in [2.75, 3.05) is 0 Å². The molecule has 1 aliphatic rings. The Balaban J connectivity index is 2.12. The Morgan fingerprint density at radius 3 is 3.07 bits per heavy atom. The van der Waals surface area contributed by atoms with Crippen molar-refractivity contribution < 1.29 is 5.21 Å². The normalized spacial score (nSPS) is 18.1. The van der Waals surface area contributed by atoms with E-state index >= 15 is 0 Å². The summed E-state index contributed by atoms with van der Waals surface area (Å²) in [5, 5.41) is 11.4. The lowest BCUT2D eigenvalue weighted by atomic mass is 9.92. The fourth-order valence-electron chi connectivity index (χ4n) is 1.68. The SMILES string of the molecule is N/C(Cc1cncn1C1CCC1)=N\O. The van der Waals surface area contributed by atoms with E-state index in [0.29, 0.717) is 12.5 Å². The van der Waals surface area contributed by atoms with E-state index in [1.165, 1.54) is 19.3 Å². The van der Waals surface area contributed by atoms with Gasteiger partial charge in [-0.25, -0.2) is 4.98 Å². The highest BCUT2D eigenvalue weighted by Crippen LogP contribution is 2.32. The number of nitrogens with zero attached hydrogens (tertiary/aromatic N) is 3. The van der Waals surface area contributed by atoms with Crippen LogP contribution in [0.1, 0.15) is 31.0 Å². The first kappa shape index (κ1) is 9.05. The number of amidine groups is 1. The molecular weight excluding hydrogens is 180 g/mol. The van der Waals surface area contributed by atoms with Gasteiger partial charge in [-0.3, -0.25) is 0 Å². The summed E-state index contributed by atoms with van der Waals surface area (Å²) < 4.78 is 2.13. The van der Waals surface area contributed by atoms with Crippen molar-refractivity contribution in [3.05, 3.63) is 18.2 Å². The monoisotopic (exact) mass is 194 g/mol. The summed E-state index contributed by atoms with van der Waals surface area (Å²) in [6.45, 7) is 0. The van der Waals surface area contributed by atoms with Crippen LogP contribution in [0.2, 0.25) is 0 Å².